The third-order valence-electron chi connectivity index (χ3n) is 2.84. The molecule has 0 aliphatic carbocycles. The minimum absolute atomic E-state index is 0.644. The lowest BCUT2D eigenvalue weighted by molar-refractivity contribution is 0.924. The highest BCUT2D eigenvalue weighted by Gasteiger charge is 1.98. The number of nitrogens with one attached hydrogen (secondary N) is 2. The van der Waals surface area contributed by atoms with Gasteiger partial charge in [-0.05, 0) is 43.8 Å². The summed E-state index contributed by atoms with van der Waals surface area (Å²) in [5.74, 6) is 0. The van der Waals surface area contributed by atoms with Crippen LogP contribution in [-0.4, -0.2) is 5.11 Å². The largest absolute Gasteiger partial charge is 0.358 e. The number of hydrogen-bond acceptors (Lipinski definition) is 1. The van der Waals surface area contributed by atoms with Crippen LogP contribution in [0.5, 0.6) is 0 Å². The smallest absolute Gasteiger partial charge is 0.171 e. The van der Waals surface area contributed by atoms with Gasteiger partial charge in [0.1, 0.15) is 0 Å². The van der Waals surface area contributed by atoms with E-state index in [1.54, 1.807) is 0 Å². The van der Waals surface area contributed by atoms with E-state index >= 15 is 0 Å². The third kappa shape index (κ3) is 4.38. The van der Waals surface area contributed by atoms with Gasteiger partial charge in [-0.2, -0.15) is 0 Å². The average molecular weight is 270 g/mol. The molecule has 0 amide bonds. The number of thiocarbonyl (C=S) groups is 1. The van der Waals surface area contributed by atoms with E-state index < -0.39 is 0 Å². The van der Waals surface area contributed by atoms with Gasteiger partial charge in [0.25, 0.3) is 0 Å². The molecule has 0 fully saturated rings. The van der Waals surface area contributed by atoms with Gasteiger partial charge in [-0.1, -0.05) is 47.5 Å². The molecular formula is C16H18N2S. The fourth-order valence-electron chi connectivity index (χ4n) is 1.82. The van der Waals surface area contributed by atoms with Gasteiger partial charge in [-0.3, -0.25) is 0 Å². The molecule has 2 aromatic carbocycles. The highest BCUT2D eigenvalue weighted by atomic mass is 32.1. The van der Waals surface area contributed by atoms with E-state index in [9.17, 15) is 0 Å². The van der Waals surface area contributed by atoms with Crippen molar-refractivity contribution >= 4 is 23.0 Å². The Hall–Kier alpha value is -1.87. The van der Waals surface area contributed by atoms with Crippen molar-refractivity contribution in [3.63, 3.8) is 0 Å². The summed E-state index contributed by atoms with van der Waals surface area (Å²) in [6, 6.07) is 16.6. The van der Waals surface area contributed by atoms with Gasteiger partial charge in [0.15, 0.2) is 5.11 Å². The van der Waals surface area contributed by atoms with Crippen molar-refractivity contribution in [2.24, 2.45) is 0 Å². The second-order valence-electron chi connectivity index (χ2n) is 4.66. The first-order valence-electron chi connectivity index (χ1n) is 6.30. The van der Waals surface area contributed by atoms with E-state index in [-0.39, 0.29) is 0 Å². The van der Waals surface area contributed by atoms with Gasteiger partial charge < -0.3 is 10.6 Å². The second kappa shape index (κ2) is 6.34. The summed E-state index contributed by atoms with van der Waals surface area (Å²) in [5.41, 5.74) is 4.74. The molecule has 0 radical (unpaired) electrons. The molecule has 0 unspecified atom stereocenters. The van der Waals surface area contributed by atoms with E-state index in [0.717, 1.165) is 12.2 Å². The molecule has 0 bridgehead atoms. The highest BCUT2D eigenvalue weighted by Crippen LogP contribution is 2.08. The molecule has 2 nitrogen and oxygen atoms in total. The third-order valence-corrected chi connectivity index (χ3v) is 3.09. The number of anilines is 1. The molecule has 0 saturated heterocycles. The van der Waals surface area contributed by atoms with Crippen LogP contribution in [0.3, 0.4) is 0 Å². The number of hydrogen-bond donors (Lipinski definition) is 2. The van der Waals surface area contributed by atoms with E-state index in [2.05, 4.69) is 60.9 Å². The molecule has 3 heteroatoms. The van der Waals surface area contributed by atoms with Crippen LogP contribution in [0.15, 0.2) is 48.5 Å². The fraction of sp³-hybridized carbons (Fsp3) is 0.188. The van der Waals surface area contributed by atoms with Crippen LogP contribution in [-0.2, 0) is 6.54 Å². The fourth-order valence-corrected chi connectivity index (χ4v) is 2.01. The predicted molar refractivity (Wildman–Crippen MR) is 85.4 cm³/mol. The van der Waals surface area contributed by atoms with Crippen molar-refractivity contribution in [1.29, 1.82) is 0 Å². The zero-order valence-electron chi connectivity index (χ0n) is 11.2. The first-order chi connectivity index (χ1) is 9.13. The Morgan fingerprint density at radius 2 is 1.74 bits per heavy atom. The Morgan fingerprint density at radius 3 is 2.42 bits per heavy atom. The maximum Gasteiger partial charge on any atom is 0.171 e. The van der Waals surface area contributed by atoms with Crippen LogP contribution in [0.1, 0.15) is 16.7 Å². The minimum atomic E-state index is 0.644. The van der Waals surface area contributed by atoms with Crippen LogP contribution in [0.2, 0.25) is 0 Å². The van der Waals surface area contributed by atoms with Crippen molar-refractivity contribution in [3.8, 4) is 0 Å². The van der Waals surface area contributed by atoms with Crippen molar-refractivity contribution < 1.29 is 0 Å². The SMILES string of the molecule is Cc1ccc(NC(=S)NCc2cccc(C)c2)cc1. The zero-order valence-corrected chi connectivity index (χ0v) is 12.1. The molecule has 0 aliphatic heterocycles. The maximum atomic E-state index is 5.28. The van der Waals surface area contributed by atoms with Gasteiger partial charge in [0.05, 0.1) is 0 Å². The molecule has 98 valence electrons. The second-order valence-corrected chi connectivity index (χ2v) is 5.07. The summed E-state index contributed by atoms with van der Waals surface area (Å²) in [4.78, 5) is 0. The van der Waals surface area contributed by atoms with E-state index in [1.807, 2.05) is 12.1 Å². The average Bonchev–Trinajstić information content (AvgIpc) is 2.39. The summed E-state index contributed by atoms with van der Waals surface area (Å²) < 4.78 is 0. The van der Waals surface area contributed by atoms with Gasteiger partial charge in [0.2, 0.25) is 0 Å². The summed E-state index contributed by atoms with van der Waals surface area (Å²) >= 11 is 5.28. The van der Waals surface area contributed by atoms with Crippen LogP contribution in [0.25, 0.3) is 0 Å². The van der Waals surface area contributed by atoms with Crippen LogP contribution in [0, 0.1) is 13.8 Å². The number of rotatable bonds is 3. The quantitative estimate of drug-likeness (QED) is 0.830. The van der Waals surface area contributed by atoms with E-state index in [1.165, 1.54) is 16.7 Å². The number of benzene rings is 2. The minimum Gasteiger partial charge on any atom is -0.358 e. The normalized spacial score (nSPS) is 10.0. The van der Waals surface area contributed by atoms with Gasteiger partial charge >= 0.3 is 0 Å². The van der Waals surface area contributed by atoms with Crippen molar-refractivity contribution in [2.75, 3.05) is 5.32 Å². The molecule has 2 aromatic rings. The topological polar surface area (TPSA) is 24.1 Å². The van der Waals surface area contributed by atoms with E-state index in [0.29, 0.717) is 5.11 Å². The Labute approximate surface area is 119 Å². The van der Waals surface area contributed by atoms with Gasteiger partial charge in [-0.25, -0.2) is 0 Å². The molecule has 2 rings (SSSR count). The Balaban J connectivity index is 1.86. The summed E-state index contributed by atoms with van der Waals surface area (Å²) in [5, 5.41) is 7.03. The monoisotopic (exact) mass is 270 g/mol. The molecule has 2 N–H and O–H groups in total. The first kappa shape index (κ1) is 13.6. The zero-order chi connectivity index (χ0) is 13.7. The molecule has 0 heterocycles. The predicted octanol–water partition coefficient (Wildman–Crippen LogP) is 3.79. The highest BCUT2D eigenvalue weighted by molar-refractivity contribution is 7.80. The molecule has 0 spiro atoms. The lowest BCUT2D eigenvalue weighted by Crippen LogP contribution is -2.27. The van der Waals surface area contributed by atoms with Crippen LogP contribution < -0.4 is 10.6 Å². The maximum absolute atomic E-state index is 5.28. The lowest BCUT2D eigenvalue weighted by atomic mass is 10.1. The van der Waals surface area contributed by atoms with Crippen LogP contribution >= 0.6 is 12.2 Å². The summed E-state index contributed by atoms with van der Waals surface area (Å²) in [7, 11) is 0. The van der Waals surface area contributed by atoms with Crippen LogP contribution in [0.4, 0.5) is 5.69 Å². The lowest BCUT2D eigenvalue weighted by Gasteiger charge is -2.11. The molecule has 0 aromatic heterocycles. The van der Waals surface area contributed by atoms with Gasteiger partial charge in [0, 0.05) is 12.2 Å². The Kier molecular flexibility index (Phi) is 4.53. The molecule has 0 saturated carbocycles. The number of aryl methyl sites for hydroxylation is 2. The van der Waals surface area contributed by atoms with E-state index in [4.69, 9.17) is 12.2 Å². The van der Waals surface area contributed by atoms with Crippen molar-refractivity contribution in [2.45, 2.75) is 20.4 Å². The summed E-state index contributed by atoms with van der Waals surface area (Å²) in [6.07, 6.45) is 0. The molecular weight excluding hydrogens is 252 g/mol. The summed E-state index contributed by atoms with van der Waals surface area (Å²) in [6.45, 7) is 4.89. The molecule has 0 aliphatic rings. The molecule has 19 heavy (non-hydrogen) atoms. The van der Waals surface area contributed by atoms with Crippen molar-refractivity contribution in [3.05, 3.63) is 65.2 Å². The Bertz CT molecular complexity index is 561. The van der Waals surface area contributed by atoms with Crippen molar-refractivity contribution in [1.82, 2.24) is 5.32 Å². The standard InChI is InChI=1S/C16H18N2S/c1-12-6-8-15(9-7-12)18-16(19)17-11-14-5-3-4-13(2)10-14/h3-10H,11H2,1-2H3,(H2,17,18,19). The Morgan fingerprint density at radius 1 is 1.00 bits per heavy atom. The molecule has 0 atom stereocenters. The first-order valence-corrected chi connectivity index (χ1v) is 6.71. The van der Waals surface area contributed by atoms with Gasteiger partial charge in [-0.15, -0.1) is 0 Å².